The van der Waals surface area contributed by atoms with E-state index >= 15 is 0 Å². The van der Waals surface area contributed by atoms with Gasteiger partial charge < -0.3 is 14.8 Å². The molecule has 1 heterocycles. The van der Waals surface area contributed by atoms with Crippen LogP contribution in [0.5, 0.6) is 5.75 Å². The fourth-order valence-electron chi connectivity index (χ4n) is 2.87. The van der Waals surface area contributed by atoms with Crippen molar-refractivity contribution in [3.05, 3.63) is 71.3 Å². The van der Waals surface area contributed by atoms with Gasteiger partial charge in [-0.1, -0.05) is 24.3 Å². The lowest BCUT2D eigenvalue weighted by Crippen LogP contribution is -2.20. The lowest BCUT2D eigenvalue weighted by Gasteiger charge is -2.11. The van der Waals surface area contributed by atoms with Crippen LogP contribution in [-0.2, 0) is 22.3 Å². The third-order valence-corrected chi connectivity index (χ3v) is 4.52. The molecule has 1 unspecified atom stereocenters. The van der Waals surface area contributed by atoms with Crippen LogP contribution < -0.4 is 10.1 Å². The average Bonchev–Trinajstić information content (AvgIpc) is 3.23. The second kappa shape index (κ2) is 9.60. The zero-order valence-electron chi connectivity index (χ0n) is 15.7. The van der Waals surface area contributed by atoms with Crippen LogP contribution in [0.25, 0.3) is 6.08 Å². The molecule has 154 valence electrons. The highest BCUT2D eigenvalue weighted by Crippen LogP contribution is 2.29. The highest BCUT2D eigenvalue weighted by atomic mass is 19.4. The third kappa shape index (κ3) is 6.64. The molecule has 4 nitrogen and oxygen atoms in total. The van der Waals surface area contributed by atoms with Crippen LogP contribution in [0.15, 0.2) is 54.6 Å². The van der Waals surface area contributed by atoms with Gasteiger partial charge >= 0.3 is 6.18 Å². The molecule has 1 fully saturated rings. The summed E-state index contributed by atoms with van der Waals surface area (Å²) in [6.45, 7) is 1.66. The molecule has 1 aliphatic rings. The Morgan fingerprint density at radius 3 is 2.48 bits per heavy atom. The molecule has 29 heavy (non-hydrogen) atoms. The van der Waals surface area contributed by atoms with Crippen LogP contribution in [0.4, 0.5) is 13.2 Å². The minimum Gasteiger partial charge on any atom is -0.491 e. The van der Waals surface area contributed by atoms with Gasteiger partial charge in [-0.15, -0.1) is 0 Å². The number of carbonyl (C=O) groups excluding carboxylic acids is 1. The smallest absolute Gasteiger partial charge is 0.416 e. The van der Waals surface area contributed by atoms with Gasteiger partial charge in [0.05, 0.1) is 11.7 Å². The first-order valence-corrected chi connectivity index (χ1v) is 9.37. The molecule has 1 atom stereocenters. The number of amides is 1. The molecule has 0 radical (unpaired) electrons. The quantitative estimate of drug-likeness (QED) is 0.686. The summed E-state index contributed by atoms with van der Waals surface area (Å²) in [4.78, 5) is 11.9. The van der Waals surface area contributed by atoms with E-state index in [4.69, 9.17) is 9.47 Å². The minimum atomic E-state index is -4.37. The minimum absolute atomic E-state index is 0.158. The molecule has 0 aliphatic carbocycles. The normalized spacial score (nSPS) is 16.9. The Hall–Kier alpha value is -2.80. The maximum Gasteiger partial charge on any atom is 0.416 e. The molecule has 0 aromatic heterocycles. The van der Waals surface area contributed by atoms with E-state index < -0.39 is 11.7 Å². The van der Waals surface area contributed by atoms with Gasteiger partial charge in [-0.3, -0.25) is 4.79 Å². The van der Waals surface area contributed by atoms with E-state index in [0.717, 1.165) is 42.9 Å². The number of alkyl halides is 3. The number of benzene rings is 2. The standard InChI is InChI=1S/C22H22F3NO3/c23-22(24,25)18-8-3-16(4-9-18)7-12-21(27)26-14-17-5-10-19(11-6-17)29-15-20-2-1-13-28-20/h3-12,20H,1-2,13-15H2,(H,26,27)/b12-7+. The van der Waals surface area contributed by atoms with Crippen LogP contribution in [0, 0.1) is 0 Å². The molecule has 1 aliphatic heterocycles. The molecule has 1 N–H and O–H groups in total. The summed E-state index contributed by atoms with van der Waals surface area (Å²) in [6, 6.07) is 12.0. The van der Waals surface area contributed by atoms with Gasteiger partial charge in [-0.25, -0.2) is 0 Å². The number of halogens is 3. The molecular weight excluding hydrogens is 383 g/mol. The number of rotatable bonds is 7. The molecule has 0 saturated carbocycles. The first kappa shape index (κ1) is 20.9. The Balaban J connectivity index is 1.43. The number of hydrogen-bond acceptors (Lipinski definition) is 3. The first-order chi connectivity index (χ1) is 13.9. The van der Waals surface area contributed by atoms with Gasteiger partial charge in [-0.2, -0.15) is 13.2 Å². The zero-order valence-corrected chi connectivity index (χ0v) is 15.7. The first-order valence-electron chi connectivity index (χ1n) is 9.37. The Bertz CT molecular complexity index is 824. The summed E-state index contributed by atoms with van der Waals surface area (Å²) in [5, 5.41) is 2.73. The van der Waals surface area contributed by atoms with Gasteiger partial charge in [-0.05, 0) is 54.3 Å². The lowest BCUT2D eigenvalue weighted by atomic mass is 10.1. The van der Waals surface area contributed by atoms with Crippen molar-refractivity contribution >= 4 is 12.0 Å². The van der Waals surface area contributed by atoms with Crippen LogP contribution in [0.2, 0.25) is 0 Å². The largest absolute Gasteiger partial charge is 0.491 e. The third-order valence-electron chi connectivity index (χ3n) is 4.52. The summed E-state index contributed by atoms with van der Waals surface area (Å²) in [7, 11) is 0. The van der Waals surface area contributed by atoms with Crippen molar-refractivity contribution in [1.82, 2.24) is 5.32 Å². The summed E-state index contributed by atoms with van der Waals surface area (Å²) >= 11 is 0. The Kier molecular flexibility index (Phi) is 6.93. The van der Waals surface area contributed by atoms with Gasteiger partial charge in [0.15, 0.2) is 0 Å². The molecule has 0 spiro atoms. The van der Waals surface area contributed by atoms with Gasteiger partial charge in [0, 0.05) is 19.2 Å². The number of carbonyl (C=O) groups is 1. The molecule has 3 rings (SSSR count). The predicted molar refractivity (Wildman–Crippen MR) is 103 cm³/mol. The predicted octanol–water partition coefficient (Wildman–Crippen LogP) is 4.59. The highest BCUT2D eigenvalue weighted by Gasteiger charge is 2.29. The Labute approximate surface area is 167 Å². The molecule has 1 saturated heterocycles. The number of nitrogens with one attached hydrogen (secondary N) is 1. The van der Waals surface area contributed by atoms with Crippen molar-refractivity contribution in [3.63, 3.8) is 0 Å². The monoisotopic (exact) mass is 405 g/mol. The number of ether oxygens (including phenoxy) is 2. The number of hydrogen-bond donors (Lipinski definition) is 1. The van der Waals surface area contributed by atoms with E-state index in [-0.39, 0.29) is 12.0 Å². The summed E-state index contributed by atoms with van der Waals surface area (Å²) in [6.07, 6.45) is 0.638. The molecule has 2 aromatic rings. The summed E-state index contributed by atoms with van der Waals surface area (Å²) in [5.41, 5.74) is 0.703. The maximum atomic E-state index is 12.5. The second-order valence-electron chi connectivity index (χ2n) is 6.76. The van der Waals surface area contributed by atoms with E-state index in [2.05, 4.69) is 5.32 Å². The summed E-state index contributed by atoms with van der Waals surface area (Å²) < 4.78 is 48.8. The fraction of sp³-hybridized carbons (Fsp3) is 0.318. The zero-order chi connectivity index (χ0) is 20.7. The Morgan fingerprint density at radius 1 is 1.14 bits per heavy atom. The maximum absolute atomic E-state index is 12.5. The summed E-state index contributed by atoms with van der Waals surface area (Å²) in [5.74, 6) is 0.418. The second-order valence-corrected chi connectivity index (χ2v) is 6.76. The van der Waals surface area contributed by atoms with E-state index in [0.29, 0.717) is 18.7 Å². The van der Waals surface area contributed by atoms with Crippen molar-refractivity contribution < 1.29 is 27.4 Å². The fourth-order valence-corrected chi connectivity index (χ4v) is 2.87. The van der Waals surface area contributed by atoms with Crippen LogP contribution in [0.3, 0.4) is 0 Å². The van der Waals surface area contributed by atoms with Crippen molar-refractivity contribution in [2.75, 3.05) is 13.2 Å². The highest BCUT2D eigenvalue weighted by molar-refractivity contribution is 5.91. The SMILES string of the molecule is O=C(/C=C/c1ccc(C(F)(F)F)cc1)NCc1ccc(OCC2CCCO2)cc1. The topological polar surface area (TPSA) is 47.6 Å². The molecule has 2 aromatic carbocycles. The van der Waals surface area contributed by atoms with Crippen LogP contribution in [-0.4, -0.2) is 25.2 Å². The molecule has 7 heteroatoms. The molecular formula is C22H22F3NO3. The molecule has 0 bridgehead atoms. The lowest BCUT2D eigenvalue weighted by molar-refractivity contribution is -0.137. The van der Waals surface area contributed by atoms with Crippen LogP contribution in [0.1, 0.15) is 29.5 Å². The van der Waals surface area contributed by atoms with Gasteiger partial charge in [0.25, 0.3) is 0 Å². The van der Waals surface area contributed by atoms with E-state index in [1.54, 1.807) is 0 Å². The van der Waals surface area contributed by atoms with E-state index in [1.165, 1.54) is 24.3 Å². The van der Waals surface area contributed by atoms with Crippen molar-refractivity contribution in [2.24, 2.45) is 0 Å². The van der Waals surface area contributed by atoms with E-state index in [1.807, 2.05) is 24.3 Å². The van der Waals surface area contributed by atoms with Crippen molar-refractivity contribution in [1.29, 1.82) is 0 Å². The van der Waals surface area contributed by atoms with Gasteiger partial charge in [0.1, 0.15) is 12.4 Å². The van der Waals surface area contributed by atoms with Gasteiger partial charge in [0.2, 0.25) is 5.91 Å². The average molecular weight is 405 g/mol. The van der Waals surface area contributed by atoms with Crippen molar-refractivity contribution in [2.45, 2.75) is 31.7 Å². The van der Waals surface area contributed by atoms with Crippen LogP contribution >= 0.6 is 0 Å². The van der Waals surface area contributed by atoms with E-state index in [9.17, 15) is 18.0 Å². The molecule has 1 amide bonds. The Morgan fingerprint density at radius 2 is 1.86 bits per heavy atom. The van der Waals surface area contributed by atoms with Crippen molar-refractivity contribution in [3.8, 4) is 5.75 Å².